The number of carbonyl (C=O) groups is 2. The largest absolute Gasteiger partial charge is 0.444 e. The average Bonchev–Trinajstić information content (AvgIpc) is 2.84. The van der Waals surface area contributed by atoms with E-state index in [1.807, 2.05) is 18.7 Å². The van der Waals surface area contributed by atoms with E-state index in [1.165, 1.54) is 11.6 Å². The predicted molar refractivity (Wildman–Crippen MR) is 130 cm³/mol. The highest BCUT2D eigenvalue weighted by atomic mass is 16.6. The zero-order chi connectivity index (χ0) is 24.2. The summed E-state index contributed by atoms with van der Waals surface area (Å²) in [5, 5.41) is 3.35. The number of nitrogens with one attached hydrogen (secondary N) is 1. The SMILES string of the molecule is C=CC(=O)N1CCN(Cc2ccc(C(C)Nc3ncc4c(n3)N(C(C)C)C(=O)OC4)cc2)CC1. The minimum Gasteiger partial charge on any atom is -0.444 e. The highest BCUT2D eigenvalue weighted by Crippen LogP contribution is 2.28. The zero-order valence-electron chi connectivity index (χ0n) is 20.0. The van der Waals surface area contributed by atoms with Crippen LogP contribution in [0.1, 0.15) is 43.5 Å². The van der Waals surface area contributed by atoms with E-state index in [-0.39, 0.29) is 30.7 Å². The van der Waals surface area contributed by atoms with Crippen LogP contribution >= 0.6 is 0 Å². The van der Waals surface area contributed by atoms with Crippen LogP contribution in [0.15, 0.2) is 43.1 Å². The molecule has 2 aromatic rings. The predicted octanol–water partition coefficient (Wildman–Crippen LogP) is 3.34. The van der Waals surface area contributed by atoms with Crippen molar-refractivity contribution in [3.8, 4) is 0 Å². The molecule has 9 nitrogen and oxygen atoms in total. The lowest BCUT2D eigenvalue weighted by molar-refractivity contribution is -0.127. The number of carbonyl (C=O) groups excluding carboxylic acids is 2. The molecule has 1 aromatic carbocycles. The second kappa shape index (κ2) is 10.2. The Kier molecular flexibility index (Phi) is 7.12. The summed E-state index contributed by atoms with van der Waals surface area (Å²) < 4.78 is 5.22. The fourth-order valence-corrected chi connectivity index (χ4v) is 4.23. The Morgan fingerprint density at radius 1 is 1.18 bits per heavy atom. The van der Waals surface area contributed by atoms with Crippen molar-refractivity contribution in [1.82, 2.24) is 19.8 Å². The summed E-state index contributed by atoms with van der Waals surface area (Å²) in [7, 11) is 0. The third-order valence-electron chi connectivity index (χ3n) is 6.22. The molecule has 3 heterocycles. The maximum atomic E-state index is 12.2. The highest BCUT2D eigenvalue weighted by Gasteiger charge is 2.30. The molecule has 1 saturated heterocycles. The van der Waals surface area contributed by atoms with Gasteiger partial charge < -0.3 is 15.0 Å². The molecule has 2 aliphatic rings. The number of benzene rings is 1. The summed E-state index contributed by atoms with van der Waals surface area (Å²) in [4.78, 5) is 38.7. The van der Waals surface area contributed by atoms with Crippen molar-refractivity contribution in [1.29, 1.82) is 0 Å². The molecule has 1 fully saturated rings. The van der Waals surface area contributed by atoms with Crippen molar-refractivity contribution in [3.63, 3.8) is 0 Å². The lowest BCUT2D eigenvalue weighted by atomic mass is 10.1. The second-order valence-corrected chi connectivity index (χ2v) is 8.97. The Bertz CT molecular complexity index is 1050. The smallest absolute Gasteiger partial charge is 0.416 e. The van der Waals surface area contributed by atoms with Crippen molar-refractivity contribution < 1.29 is 14.3 Å². The maximum Gasteiger partial charge on any atom is 0.416 e. The quantitative estimate of drug-likeness (QED) is 0.629. The first kappa shape index (κ1) is 23.7. The van der Waals surface area contributed by atoms with Crippen LogP contribution in [0.5, 0.6) is 0 Å². The molecule has 0 bridgehead atoms. The van der Waals surface area contributed by atoms with Crippen LogP contribution in [-0.4, -0.2) is 64.0 Å². The molecular formula is C25H32N6O3. The molecule has 1 aromatic heterocycles. The molecular weight excluding hydrogens is 432 g/mol. The number of nitrogens with zero attached hydrogens (tertiary/aromatic N) is 5. The number of rotatable bonds is 7. The summed E-state index contributed by atoms with van der Waals surface area (Å²) in [5.41, 5.74) is 3.15. The van der Waals surface area contributed by atoms with Crippen molar-refractivity contribution in [2.24, 2.45) is 0 Å². The molecule has 180 valence electrons. The molecule has 2 aliphatic heterocycles. The van der Waals surface area contributed by atoms with E-state index in [0.29, 0.717) is 11.8 Å². The molecule has 0 aliphatic carbocycles. The van der Waals surface area contributed by atoms with E-state index in [0.717, 1.165) is 43.9 Å². The molecule has 2 amide bonds. The molecule has 0 saturated carbocycles. The van der Waals surface area contributed by atoms with Crippen molar-refractivity contribution in [2.45, 2.75) is 46.0 Å². The minimum atomic E-state index is -0.385. The van der Waals surface area contributed by atoms with Crippen LogP contribution in [0, 0.1) is 0 Å². The first-order valence-corrected chi connectivity index (χ1v) is 11.7. The van der Waals surface area contributed by atoms with E-state index >= 15 is 0 Å². The Hall–Kier alpha value is -3.46. The van der Waals surface area contributed by atoms with Crippen LogP contribution in [0.25, 0.3) is 0 Å². The summed E-state index contributed by atoms with van der Waals surface area (Å²) in [6.07, 6.45) is 2.71. The molecule has 1 atom stereocenters. The summed E-state index contributed by atoms with van der Waals surface area (Å²) in [5.74, 6) is 1.08. The number of anilines is 2. The van der Waals surface area contributed by atoms with Crippen LogP contribution < -0.4 is 10.2 Å². The number of cyclic esters (lactones) is 1. The molecule has 9 heteroatoms. The van der Waals surface area contributed by atoms with Gasteiger partial charge in [0.15, 0.2) is 0 Å². The lowest BCUT2D eigenvalue weighted by Crippen LogP contribution is -2.47. The van der Waals surface area contributed by atoms with Gasteiger partial charge in [-0.15, -0.1) is 0 Å². The fourth-order valence-electron chi connectivity index (χ4n) is 4.23. The van der Waals surface area contributed by atoms with Crippen molar-refractivity contribution >= 4 is 23.8 Å². The van der Waals surface area contributed by atoms with E-state index < -0.39 is 0 Å². The number of amides is 2. The van der Waals surface area contributed by atoms with E-state index in [4.69, 9.17) is 4.74 Å². The third kappa shape index (κ3) is 5.20. The Morgan fingerprint density at radius 3 is 2.53 bits per heavy atom. The topological polar surface area (TPSA) is 90.9 Å². The second-order valence-electron chi connectivity index (χ2n) is 8.97. The molecule has 0 spiro atoms. The molecule has 4 rings (SSSR count). The lowest BCUT2D eigenvalue weighted by Gasteiger charge is -2.34. The number of hydrogen-bond acceptors (Lipinski definition) is 7. The third-order valence-corrected chi connectivity index (χ3v) is 6.22. The standard InChI is InChI=1S/C25H32N6O3/c1-5-22(32)30-12-10-29(11-13-30)15-19-6-8-20(9-7-19)18(4)27-24-26-14-21-16-34-25(33)31(17(2)3)23(21)28-24/h5-9,14,17-18H,1,10-13,15-16H2,2-4H3,(H,26,27,28). The number of ether oxygens (including phenoxy) is 1. The van der Waals surface area contributed by atoms with E-state index in [2.05, 4.69) is 58.0 Å². The zero-order valence-corrected chi connectivity index (χ0v) is 20.0. The first-order chi connectivity index (χ1) is 16.4. The Balaban J connectivity index is 1.36. The fraction of sp³-hybridized carbons (Fsp3) is 0.440. The van der Waals surface area contributed by atoms with Gasteiger partial charge in [-0.25, -0.2) is 9.78 Å². The monoisotopic (exact) mass is 464 g/mol. The highest BCUT2D eigenvalue weighted by molar-refractivity contribution is 5.89. The van der Waals surface area contributed by atoms with Gasteiger partial charge in [-0.2, -0.15) is 4.98 Å². The minimum absolute atomic E-state index is 0.00486. The summed E-state index contributed by atoms with van der Waals surface area (Å²) in [6, 6.07) is 8.42. The number of hydrogen-bond donors (Lipinski definition) is 1. The van der Waals surface area contributed by atoms with Gasteiger partial charge in [0.25, 0.3) is 0 Å². The van der Waals surface area contributed by atoms with Crippen LogP contribution in [0.4, 0.5) is 16.6 Å². The van der Waals surface area contributed by atoms with Gasteiger partial charge in [-0.1, -0.05) is 30.8 Å². The van der Waals surface area contributed by atoms with Crippen molar-refractivity contribution in [2.75, 3.05) is 36.4 Å². The van der Waals surface area contributed by atoms with E-state index in [1.54, 1.807) is 11.1 Å². The van der Waals surface area contributed by atoms with Gasteiger partial charge in [0, 0.05) is 45.0 Å². The Labute approximate surface area is 200 Å². The summed E-state index contributed by atoms with van der Waals surface area (Å²) in [6.45, 7) is 13.7. The van der Waals surface area contributed by atoms with Crippen LogP contribution in [-0.2, 0) is 22.7 Å². The normalized spacial score (nSPS) is 17.2. The molecule has 1 N–H and O–H groups in total. The van der Waals surface area contributed by atoms with Gasteiger partial charge in [0.05, 0.1) is 11.6 Å². The van der Waals surface area contributed by atoms with Gasteiger partial charge in [-0.05, 0) is 38.0 Å². The van der Waals surface area contributed by atoms with E-state index in [9.17, 15) is 9.59 Å². The Morgan fingerprint density at radius 2 is 1.88 bits per heavy atom. The molecule has 0 radical (unpaired) electrons. The van der Waals surface area contributed by atoms with Gasteiger partial charge in [-0.3, -0.25) is 14.6 Å². The van der Waals surface area contributed by atoms with Gasteiger partial charge >= 0.3 is 6.09 Å². The number of piperazine rings is 1. The number of fused-ring (bicyclic) bond motifs is 1. The average molecular weight is 465 g/mol. The van der Waals surface area contributed by atoms with Crippen LogP contribution in [0.3, 0.4) is 0 Å². The molecule has 1 unspecified atom stereocenters. The van der Waals surface area contributed by atoms with Crippen LogP contribution in [0.2, 0.25) is 0 Å². The summed E-state index contributed by atoms with van der Waals surface area (Å²) >= 11 is 0. The maximum absolute atomic E-state index is 12.2. The van der Waals surface area contributed by atoms with Gasteiger partial charge in [0.1, 0.15) is 12.4 Å². The number of aromatic nitrogens is 2. The molecule has 34 heavy (non-hydrogen) atoms. The first-order valence-electron chi connectivity index (χ1n) is 11.7. The van der Waals surface area contributed by atoms with Gasteiger partial charge in [0.2, 0.25) is 11.9 Å². The van der Waals surface area contributed by atoms with Crippen molar-refractivity contribution in [3.05, 3.63) is 59.8 Å².